The van der Waals surface area contributed by atoms with Crippen LogP contribution in [0.15, 0.2) is 35.8 Å². The Hall–Kier alpha value is -1.19. The summed E-state index contributed by atoms with van der Waals surface area (Å²) in [6.07, 6.45) is 2.87. The van der Waals surface area contributed by atoms with Crippen molar-refractivity contribution in [3.05, 3.63) is 52.0 Å². The smallest absolute Gasteiger partial charge is 0.0937 e. The average molecular weight is 288 g/mol. The van der Waals surface area contributed by atoms with E-state index in [1.807, 2.05) is 11.6 Å². The molecule has 2 nitrogen and oxygen atoms in total. The molecule has 20 heavy (non-hydrogen) atoms. The molecule has 0 radical (unpaired) electrons. The maximum Gasteiger partial charge on any atom is 0.0937 e. The van der Waals surface area contributed by atoms with Crippen LogP contribution in [0.5, 0.6) is 0 Å². The molecule has 1 heterocycles. The SMILES string of the molecule is CC(NCCc1nccs1)c1ccc(C(C)(C)C)cc1. The van der Waals surface area contributed by atoms with Crippen molar-refractivity contribution in [1.29, 1.82) is 0 Å². The van der Waals surface area contributed by atoms with Crippen molar-refractivity contribution >= 4 is 11.3 Å². The predicted octanol–water partition coefficient (Wildman–Crippen LogP) is 4.33. The van der Waals surface area contributed by atoms with Crippen LogP contribution in [0.2, 0.25) is 0 Å². The van der Waals surface area contributed by atoms with Crippen molar-refractivity contribution < 1.29 is 0 Å². The maximum atomic E-state index is 4.30. The summed E-state index contributed by atoms with van der Waals surface area (Å²) in [5, 5.41) is 6.80. The van der Waals surface area contributed by atoms with Crippen LogP contribution in [0.25, 0.3) is 0 Å². The first-order valence-corrected chi connectivity index (χ1v) is 8.07. The standard InChI is InChI=1S/C17H24N2S/c1-13(18-10-9-16-19-11-12-20-16)14-5-7-15(8-6-14)17(2,3)4/h5-8,11-13,18H,9-10H2,1-4H3. The Morgan fingerprint density at radius 3 is 2.45 bits per heavy atom. The normalized spacial score (nSPS) is 13.4. The van der Waals surface area contributed by atoms with Crippen molar-refractivity contribution in [1.82, 2.24) is 10.3 Å². The maximum absolute atomic E-state index is 4.30. The molecule has 0 saturated heterocycles. The fraction of sp³-hybridized carbons (Fsp3) is 0.471. The number of nitrogens with one attached hydrogen (secondary N) is 1. The lowest BCUT2D eigenvalue weighted by Crippen LogP contribution is -2.21. The number of hydrogen-bond donors (Lipinski definition) is 1. The van der Waals surface area contributed by atoms with Gasteiger partial charge in [-0.2, -0.15) is 0 Å². The van der Waals surface area contributed by atoms with E-state index in [0.29, 0.717) is 6.04 Å². The first-order chi connectivity index (χ1) is 9.47. The van der Waals surface area contributed by atoms with Crippen molar-refractivity contribution in [2.75, 3.05) is 6.54 Å². The lowest BCUT2D eigenvalue weighted by molar-refractivity contribution is 0.571. The Labute approximate surface area is 126 Å². The molecule has 0 amide bonds. The first-order valence-electron chi connectivity index (χ1n) is 7.19. The molecule has 0 saturated carbocycles. The van der Waals surface area contributed by atoms with Gasteiger partial charge in [-0.25, -0.2) is 4.98 Å². The Morgan fingerprint density at radius 2 is 1.90 bits per heavy atom. The highest BCUT2D eigenvalue weighted by Crippen LogP contribution is 2.23. The monoisotopic (exact) mass is 288 g/mol. The second kappa shape index (κ2) is 6.51. The molecule has 2 aromatic rings. The van der Waals surface area contributed by atoms with Crippen molar-refractivity contribution in [2.45, 2.75) is 45.6 Å². The summed E-state index contributed by atoms with van der Waals surface area (Å²) in [7, 11) is 0. The van der Waals surface area contributed by atoms with Crippen LogP contribution in [0.4, 0.5) is 0 Å². The van der Waals surface area contributed by atoms with Gasteiger partial charge in [0.25, 0.3) is 0 Å². The van der Waals surface area contributed by atoms with E-state index in [1.165, 1.54) is 16.1 Å². The Morgan fingerprint density at radius 1 is 1.20 bits per heavy atom. The molecule has 0 aliphatic heterocycles. The number of benzene rings is 1. The fourth-order valence-electron chi connectivity index (χ4n) is 2.16. The van der Waals surface area contributed by atoms with Gasteiger partial charge in [0.05, 0.1) is 5.01 Å². The molecule has 2 rings (SSSR count). The molecule has 1 aromatic carbocycles. The number of nitrogens with zero attached hydrogens (tertiary/aromatic N) is 1. The fourth-order valence-corrected chi connectivity index (χ4v) is 2.78. The van der Waals surface area contributed by atoms with Gasteiger partial charge < -0.3 is 5.32 Å². The zero-order valence-corrected chi connectivity index (χ0v) is 13.6. The van der Waals surface area contributed by atoms with E-state index in [9.17, 15) is 0 Å². The van der Waals surface area contributed by atoms with Gasteiger partial charge in [-0.1, -0.05) is 45.0 Å². The van der Waals surface area contributed by atoms with Crippen molar-refractivity contribution in [3.8, 4) is 0 Å². The van der Waals surface area contributed by atoms with E-state index in [-0.39, 0.29) is 5.41 Å². The highest BCUT2D eigenvalue weighted by molar-refractivity contribution is 7.09. The third kappa shape index (κ3) is 4.15. The van der Waals surface area contributed by atoms with Crippen LogP contribution in [0.1, 0.15) is 49.9 Å². The quantitative estimate of drug-likeness (QED) is 0.885. The minimum atomic E-state index is 0.222. The molecule has 0 spiro atoms. The molecule has 0 aliphatic rings. The third-order valence-corrected chi connectivity index (χ3v) is 4.39. The molecule has 0 fully saturated rings. The topological polar surface area (TPSA) is 24.9 Å². The number of aromatic nitrogens is 1. The summed E-state index contributed by atoms with van der Waals surface area (Å²) in [6.45, 7) is 9.93. The molecule has 0 bridgehead atoms. The van der Waals surface area contributed by atoms with Gasteiger partial charge in [-0.05, 0) is 23.5 Å². The second-order valence-corrected chi connectivity index (χ2v) is 7.20. The number of thiazole rings is 1. The molecule has 1 unspecified atom stereocenters. The van der Waals surface area contributed by atoms with E-state index in [0.717, 1.165) is 13.0 Å². The van der Waals surface area contributed by atoms with Gasteiger partial charge in [0.15, 0.2) is 0 Å². The summed E-state index contributed by atoms with van der Waals surface area (Å²) >= 11 is 1.72. The summed E-state index contributed by atoms with van der Waals surface area (Å²) in [5.41, 5.74) is 2.95. The minimum Gasteiger partial charge on any atom is -0.310 e. The van der Waals surface area contributed by atoms with Gasteiger partial charge in [-0.3, -0.25) is 0 Å². The average Bonchev–Trinajstić information content (AvgIpc) is 2.91. The van der Waals surface area contributed by atoms with Crippen LogP contribution in [-0.2, 0) is 11.8 Å². The van der Waals surface area contributed by atoms with E-state index < -0.39 is 0 Å². The zero-order valence-electron chi connectivity index (χ0n) is 12.8. The minimum absolute atomic E-state index is 0.222. The van der Waals surface area contributed by atoms with Crippen LogP contribution in [0, 0.1) is 0 Å². The molecule has 1 N–H and O–H groups in total. The largest absolute Gasteiger partial charge is 0.310 e. The zero-order chi connectivity index (χ0) is 14.6. The Balaban J connectivity index is 1.87. The summed E-state index contributed by atoms with van der Waals surface area (Å²) in [5.74, 6) is 0. The van der Waals surface area contributed by atoms with Gasteiger partial charge >= 0.3 is 0 Å². The third-order valence-electron chi connectivity index (χ3n) is 3.55. The number of rotatable bonds is 5. The summed E-state index contributed by atoms with van der Waals surface area (Å²) in [6, 6.07) is 9.34. The summed E-state index contributed by atoms with van der Waals surface area (Å²) in [4.78, 5) is 4.30. The first kappa shape index (κ1) is 15.2. The van der Waals surface area contributed by atoms with Gasteiger partial charge in [0.2, 0.25) is 0 Å². The van der Waals surface area contributed by atoms with Gasteiger partial charge in [-0.15, -0.1) is 11.3 Å². The predicted molar refractivity (Wildman–Crippen MR) is 87.4 cm³/mol. The van der Waals surface area contributed by atoms with Crippen LogP contribution in [-0.4, -0.2) is 11.5 Å². The molecule has 0 aliphatic carbocycles. The molecule has 3 heteroatoms. The van der Waals surface area contributed by atoms with Crippen LogP contribution >= 0.6 is 11.3 Å². The number of hydrogen-bond acceptors (Lipinski definition) is 3. The Kier molecular flexibility index (Phi) is 4.95. The van der Waals surface area contributed by atoms with E-state index in [4.69, 9.17) is 0 Å². The molecule has 1 atom stereocenters. The summed E-state index contributed by atoms with van der Waals surface area (Å²) < 4.78 is 0. The Bertz CT molecular complexity index is 509. The van der Waals surface area contributed by atoms with Crippen LogP contribution < -0.4 is 5.32 Å². The van der Waals surface area contributed by atoms with Gasteiger partial charge in [0, 0.05) is 30.6 Å². The molecular weight excluding hydrogens is 264 g/mol. The molecular formula is C17H24N2S. The highest BCUT2D eigenvalue weighted by atomic mass is 32.1. The van der Waals surface area contributed by atoms with E-state index in [1.54, 1.807) is 11.3 Å². The van der Waals surface area contributed by atoms with Crippen molar-refractivity contribution in [2.24, 2.45) is 0 Å². The highest BCUT2D eigenvalue weighted by Gasteiger charge is 2.13. The molecule has 108 valence electrons. The lowest BCUT2D eigenvalue weighted by Gasteiger charge is -2.20. The lowest BCUT2D eigenvalue weighted by atomic mass is 9.86. The second-order valence-electron chi connectivity index (χ2n) is 6.22. The van der Waals surface area contributed by atoms with Crippen LogP contribution in [0.3, 0.4) is 0 Å². The van der Waals surface area contributed by atoms with Crippen molar-refractivity contribution in [3.63, 3.8) is 0 Å². The molecule has 1 aromatic heterocycles. The van der Waals surface area contributed by atoms with E-state index >= 15 is 0 Å². The van der Waals surface area contributed by atoms with E-state index in [2.05, 4.69) is 62.3 Å². The van der Waals surface area contributed by atoms with Gasteiger partial charge in [0.1, 0.15) is 0 Å².